The van der Waals surface area contributed by atoms with E-state index in [1.165, 1.54) is 12.1 Å². The average Bonchev–Trinajstić information content (AvgIpc) is 3.22. The maximum Gasteiger partial charge on any atom is 0.196 e. The number of ether oxygens (including phenoxy) is 1. The fraction of sp³-hybridized carbons (Fsp3) is 0.333. The Morgan fingerprint density at radius 1 is 0.969 bits per heavy atom. The van der Waals surface area contributed by atoms with Crippen molar-refractivity contribution in [2.45, 2.75) is 37.7 Å². The van der Waals surface area contributed by atoms with Crippen LogP contribution < -0.4 is 0 Å². The van der Waals surface area contributed by atoms with E-state index < -0.39 is 23.6 Å². The highest BCUT2D eigenvalue weighted by Crippen LogP contribution is 2.43. The third kappa shape index (κ3) is 3.52. The zero-order valence-corrected chi connectivity index (χ0v) is 17.3. The third-order valence-electron chi connectivity index (χ3n) is 6.54. The molecule has 8 heteroatoms. The zero-order chi connectivity index (χ0) is 22.4. The summed E-state index contributed by atoms with van der Waals surface area (Å²) in [5, 5.41) is 0.830. The highest BCUT2D eigenvalue weighted by molar-refractivity contribution is 5.82. The molecule has 0 spiro atoms. The number of hydrogen-bond donors (Lipinski definition) is 1. The van der Waals surface area contributed by atoms with Crippen LogP contribution in [0.1, 0.15) is 49.1 Å². The van der Waals surface area contributed by atoms with Gasteiger partial charge in [0.1, 0.15) is 23.3 Å². The summed E-state index contributed by atoms with van der Waals surface area (Å²) in [6.07, 6.45) is 4.63. The largest absolute Gasteiger partial charge is 0.373 e. The van der Waals surface area contributed by atoms with Crippen LogP contribution in [0.15, 0.2) is 36.5 Å². The summed E-state index contributed by atoms with van der Waals surface area (Å²) in [7, 11) is 1.54. The SMILES string of the molecule is CO[C@@H](c1nc2cc(F)c(F)c(F)c2[nH]1)[C@H]1CC[C@@H](c2ccnc3ccc(F)cc32)CC1. The molecular formula is C24H21F4N3O. The van der Waals surface area contributed by atoms with Gasteiger partial charge in [-0.2, -0.15) is 0 Å². The Hall–Kier alpha value is -3.00. The van der Waals surface area contributed by atoms with E-state index in [1.807, 2.05) is 6.07 Å². The number of H-pyrrole nitrogens is 1. The molecular weight excluding hydrogens is 422 g/mol. The molecule has 0 radical (unpaired) electrons. The van der Waals surface area contributed by atoms with Crippen LogP contribution in [0.25, 0.3) is 21.9 Å². The van der Waals surface area contributed by atoms with Gasteiger partial charge in [-0.05, 0) is 67.3 Å². The van der Waals surface area contributed by atoms with Gasteiger partial charge in [-0.1, -0.05) is 0 Å². The van der Waals surface area contributed by atoms with Gasteiger partial charge in [0, 0.05) is 24.8 Å². The highest BCUT2D eigenvalue weighted by Gasteiger charge is 2.32. The number of pyridine rings is 1. The van der Waals surface area contributed by atoms with Gasteiger partial charge in [0.25, 0.3) is 0 Å². The molecule has 0 aliphatic heterocycles. The second-order valence-corrected chi connectivity index (χ2v) is 8.33. The number of halogens is 4. The number of hydrogen-bond acceptors (Lipinski definition) is 3. The van der Waals surface area contributed by atoms with Crippen molar-refractivity contribution in [3.63, 3.8) is 0 Å². The summed E-state index contributed by atoms with van der Waals surface area (Å²) < 4.78 is 60.8. The van der Waals surface area contributed by atoms with Gasteiger partial charge < -0.3 is 9.72 Å². The summed E-state index contributed by atoms with van der Waals surface area (Å²) in [4.78, 5) is 11.4. The number of nitrogens with one attached hydrogen (secondary N) is 1. The van der Waals surface area contributed by atoms with Crippen molar-refractivity contribution in [3.05, 3.63) is 71.2 Å². The molecule has 0 saturated heterocycles. The van der Waals surface area contributed by atoms with Gasteiger partial charge in [0.05, 0.1) is 11.0 Å². The van der Waals surface area contributed by atoms with E-state index in [-0.39, 0.29) is 28.7 Å². The summed E-state index contributed by atoms with van der Waals surface area (Å²) in [5.74, 6) is -3.66. The molecule has 5 rings (SSSR count). The lowest BCUT2D eigenvalue weighted by Gasteiger charge is -2.33. The Morgan fingerprint density at radius 2 is 1.75 bits per heavy atom. The van der Waals surface area contributed by atoms with Crippen molar-refractivity contribution < 1.29 is 22.3 Å². The molecule has 0 bridgehead atoms. The number of aromatic amines is 1. The lowest BCUT2D eigenvalue weighted by atomic mass is 9.76. The molecule has 1 N–H and O–H groups in total. The molecule has 4 nitrogen and oxygen atoms in total. The average molecular weight is 443 g/mol. The Labute approximate surface area is 181 Å². The van der Waals surface area contributed by atoms with E-state index in [1.54, 1.807) is 19.4 Å². The molecule has 0 amide bonds. The quantitative estimate of drug-likeness (QED) is 0.296. The number of benzene rings is 2. The van der Waals surface area contributed by atoms with Crippen molar-refractivity contribution in [2.75, 3.05) is 7.11 Å². The summed E-state index contributed by atoms with van der Waals surface area (Å²) in [6.45, 7) is 0. The van der Waals surface area contributed by atoms with Crippen LogP contribution in [-0.4, -0.2) is 22.1 Å². The predicted octanol–water partition coefficient (Wildman–Crippen LogP) is 6.33. The van der Waals surface area contributed by atoms with Crippen LogP contribution >= 0.6 is 0 Å². The topological polar surface area (TPSA) is 50.8 Å². The van der Waals surface area contributed by atoms with Crippen molar-refractivity contribution in [1.29, 1.82) is 0 Å². The zero-order valence-electron chi connectivity index (χ0n) is 17.3. The second-order valence-electron chi connectivity index (χ2n) is 8.33. The number of imidazole rings is 1. The van der Waals surface area contributed by atoms with E-state index in [2.05, 4.69) is 15.0 Å². The molecule has 0 unspecified atom stereocenters. The maximum absolute atomic E-state index is 14.1. The summed E-state index contributed by atoms with van der Waals surface area (Å²) in [5.41, 5.74) is 1.71. The second kappa shape index (κ2) is 8.16. The number of rotatable bonds is 4. The van der Waals surface area contributed by atoms with Crippen LogP contribution in [0.4, 0.5) is 17.6 Å². The minimum Gasteiger partial charge on any atom is -0.373 e. The minimum absolute atomic E-state index is 0.0254. The molecule has 166 valence electrons. The molecule has 1 aliphatic carbocycles. The normalized spacial score (nSPS) is 20.2. The molecule has 32 heavy (non-hydrogen) atoms. The van der Waals surface area contributed by atoms with E-state index >= 15 is 0 Å². The molecule has 2 heterocycles. The van der Waals surface area contributed by atoms with Crippen molar-refractivity contribution >= 4 is 21.9 Å². The van der Waals surface area contributed by atoms with Crippen LogP contribution in [0.3, 0.4) is 0 Å². The summed E-state index contributed by atoms with van der Waals surface area (Å²) in [6, 6.07) is 7.46. The molecule has 1 aliphatic rings. The molecule has 2 aromatic heterocycles. The van der Waals surface area contributed by atoms with E-state index in [0.29, 0.717) is 5.82 Å². The Bertz CT molecular complexity index is 1300. The smallest absolute Gasteiger partial charge is 0.196 e. The van der Waals surface area contributed by atoms with Crippen molar-refractivity contribution in [1.82, 2.24) is 15.0 Å². The van der Waals surface area contributed by atoms with E-state index in [9.17, 15) is 17.6 Å². The van der Waals surface area contributed by atoms with Gasteiger partial charge in [-0.3, -0.25) is 4.98 Å². The van der Waals surface area contributed by atoms with Crippen LogP contribution in [0, 0.1) is 29.2 Å². The monoisotopic (exact) mass is 443 g/mol. The first-order valence-corrected chi connectivity index (χ1v) is 10.6. The maximum atomic E-state index is 14.1. The van der Waals surface area contributed by atoms with Crippen molar-refractivity contribution in [2.24, 2.45) is 5.92 Å². The van der Waals surface area contributed by atoms with Gasteiger partial charge in [0.2, 0.25) is 0 Å². The summed E-state index contributed by atoms with van der Waals surface area (Å²) >= 11 is 0. The highest BCUT2D eigenvalue weighted by atomic mass is 19.2. The number of fused-ring (bicyclic) bond motifs is 2. The molecule has 1 saturated carbocycles. The van der Waals surface area contributed by atoms with Gasteiger partial charge >= 0.3 is 0 Å². The van der Waals surface area contributed by atoms with Gasteiger partial charge in [-0.15, -0.1) is 0 Å². The molecule has 1 atom stereocenters. The minimum atomic E-state index is -1.52. The van der Waals surface area contributed by atoms with Gasteiger partial charge in [-0.25, -0.2) is 22.5 Å². The van der Waals surface area contributed by atoms with E-state index in [4.69, 9.17) is 4.74 Å². The fourth-order valence-corrected chi connectivity index (χ4v) is 4.97. The lowest BCUT2D eigenvalue weighted by molar-refractivity contribution is 0.0274. The number of methoxy groups -OCH3 is 1. The molecule has 4 aromatic rings. The first kappa shape index (κ1) is 20.9. The van der Waals surface area contributed by atoms with Crippen LogP contribution in [0.5, 0.6) is 0 Å². The first-order chi connectivity index (χ1) is 15.5. The predicted molar refractivity (Wildman–Crippen MR) is 112 cm³/mol. The molecule has 1 fully saturated rings. The van der Waals surface area contributed by atoms with Crippen molar-refractivity contribution in [3.8, 4) is 0 Å². The third-order valence-corrected chi connectivity index (χ3v) is 6.54. The van der Waals surface area contributed by atoms with Crippen LogP contribution in [-0.2, 0) is 4.74 Å². The Morgan fingerprint density at radius 3 is 2.50 bits per heavy atom. The van der Waals surface area contributed by atoms with Gasteiger partial charge in [0.15, 0.2) is 17.5 Å². The Kier molecular flexibility index (Phi) is 5.33. The standard InChI is InChI=1S/C24H21F4N3O/c1-32-23(24-30-19-11-17(26)20(27)21(28)22(19)31-24)13-4-2-12(3-5-13)15-8-9-29-18-7-6-14(25)10-16(15)18/h6-13,23H,2-5H2,1H3,(H,30,31)/t12-,13+,23-/m1/s1. The van der Waals surface area contributed by atoms with Crippen LogP contribution in [0.2, 0.25) is 0 Å². The van der Waals surface area contributed by atoms with E-state index in [0.717, 1.165) is 48.2 Å². The fourth-order valence-electron chi connectivity index (χ4n) is 4.97. The number of nitrogens with zero attached hydrogens (tertiary/aromatic N) is 2. The Balaban J connectivity index is 1.38. The lowest BCUT2D eigenvalue weighted by Crippen LogP contribution is -2.22. The first-order valence-electron chi connectivity index (χ1n) is 10.6. The number of aromatic nitrogens is 3. The molecule has 2 aromatic carbocycles.